The molecule has 4 nitrogen and oxygen atoms in total. The zero-order valence-electron chi connectivity index (χ0n) is 12.3. The van der Waals surface area contributed by atoms with E-state index >= 15 is 0 Å². The lowest BCUT2D eigenvalue weighted by Crippen LogP contribution is -2.37. The second-order valence-corrected chi connectivity index (χ2v) is 4.38. The molecule has 0 saturated carbocycles. The third-order valence-corrected chi connectivity index (χ3v) is 2.81. The third-order valence-electron chi connectivity index (χ3n) is 2.81. The first-order valence-corrected chi connectivity index (χ1v) is 7.03. The molecule has 0 saturated heterocycles. The third kappa shape index (κ3) is 7.09. The minimum Gasteiger partial charge on any atom is -0.382 e. The van der Waals surface area contributed by atoms with Crippen LogP contribution in [0.1, 0.15) is 25.3 Å². The fourth-order valence-corrected chi connectivity index (χ4v) is 1.69. The summed E-state index contributed by atoms with van der Waals surface area (Å²) in [6.45, 7) is 5.06. The number of rotatable bonds is 8. The largest absolute Gasteiger partial charge is 0.382 e. The lowest BCUT2D eigenvalue weighted by Gasteiger charge is -2.11. The van der Waals surface area contributed by atoms with Crippen molar-refractivity contribution in [2.24, 2.45) is 4.99 Å². The molecule has 1 aromatic carbocycles. The first-order chi connectivity index (χ1) is 9.76. The SMILES string of the molecule is CCOCCCCNC(=NC)NCc1ccc(F)cc1. The molecule has 5 heteroatoms. The maximum Gasteiger partial charge on any atom is 0.191 e. The van der Waals surface area contributed by atoms with E-state index in [4.69, 9.17) is 4.74 Å². The minimum absolute atomic E-state index is 0.217. The van der Waals surface area contributed by atoms with E-state index < -0.39 is 0 Å². The van der Waals surface area contributed by atoms with Gasteiger partial charge >= 0.3 is 0 Å². The second kappa shape index (κ2) is 10.2. The Morgan fingerprint density at radius 2 is 1.95 bits per heavy atom. The fourth-order valence-electron chi connectivity index (χ4n) is 1.69. The van der Waals surface area contributed by atoms with Crippen LogP contribution >= 0.6 is 0 Å². The summed E-state index contributed by atoms with van der Waals surface area (Å²) in [5.41, 5.74) is 1.02. The molecule has 2 N–H and O–H groups in total. The van der Waals surface area contributed by atoms with Crippen molar-refractivity contribution in [2.45, 2.75) is 26.3 Å². The highest BCUT2D eigenvalue weighted by Gasteiger charge is 1.98. The van der Waals surface area contributed by atoms with Crippen LogP contribution in [-0.4, -0.2) is 32.8 Å². The van der Waals surface area contributed by atoms with Gasteiger partial charge in [-0.3, -0.25) is 4.99 Å². The number of hydrogen-bond donors (Lipinski definition) is 2. The van der Waals surface area contributed by atoms with Crippen LogP contribution < -0.4 is 10.6 Å². The Morgan fingerprint density at radius 3 is 2.60 bits per heavy atom. The monoisotopic (exact) mass is 281 g/mol. The number of guanidine groups is 1. The quantitative estimate of drug-likeness (QED) is 0.437. The van der Waals surface area contributed by atoms with Crippen molar-refractivity contribution in [2.75, 3.05) is 26.8 Å². The average molecular weight is 281 g/mol. The fraction of sp³-hybridized carbons (Fsp3) is 0.533. The van der Waals surface area contributed by atoms with Gasteiger partial charge in [0.2, 0.25) is 0 Å². The average Bonchev–Trinajstić information content (AvgIpc) is 2.47. The zero-order chi connectivity index (χ0) is 14.6. The van der Waals surface area contributed by atoms with Gasteiger partial charge < -0.3 is 15.4 Å². The summed E-state index contributed by atoms with van der Waals surface area (Å²) in [6.07, 6.45) is 2.08. The molecule has 20 heavy (non-hydrogen) atoms. The summed E-state index contributed by atoms with van der Waals surface area (Å²) in [6, 6.07) is 6.44. The summed E-state index contributed by atoms with van der Waals surface area (Å²) in [4.78, 5) is 4.14. The summed E-state index contributed by atoms with van der Waals surface area (Å²) < 4.78 is 18.1. The molecule has 1 rings (SSSR count). The molecule has 0 aliphatic carbocycles. The zero-order valence-corrected chi connectivity index (χ0v) is 12.3. The van der Waals surface area contributed by atoms with E-state index in [9.17, 15) is 4.39 Å². The number of hydrogen-bond acceptors (Lipinski definition) is 2. The van der Waals surface area contributed by atoms with E-state index in [1.165, 1.54) is 12.1 Å². The number of halogens is 1. The van der Waals surface area contributed by atoms with E-state index in [1.54, 1.807) is 19.2 Å². The van der Waals surface area contributed by atoms with Crippen molar-refractivity contribution in [1.82, 2.24) is 10.6 Å². The van der Waals surface area contributed by atoms with E-state index in [0.29, 0.717) is 6.54 Å². The molecule has 112 valence electrons. The lowest BCUT2D eigenvalue weighted by atomic mass is 10.2. The molecular weight excluding hydrogens is 257 g/mol. The lowest BCUT2D eigenvalue weighted by molar-refractivity contribution is 0.143. The molecule has 0 fully saturated rings. The van der Waals surface area contributed by atoms with Crippen LogP contribution in [0.4, 0.5) is 4.39 Å². The molecule has 0 aliphatic heterocycles. The van der Waals surface area contributed by atoms with E-state index in [-0.39, 0.29) is 5.82 Å². The molecule has 0 atom stereocenters. The first-order valence-electron chi connectivity index (χ1n) is 7.03. The number of unbranched alkanes of at least 4 members (excludes halogenated alkanes) is 1. The van der Waals surface area contributed by atoms with Gasteiger partial charge in [-0.1, -0.05) is 12.1 Å². The molecule has 0 aromatic heterocycles. The molecule has 0 aliphatic rings. The predicted octanol–water partition coefficient (Wildman–Crippen LogP) is 2.31. The maximum absolute atomic E-state index is 12.8. The van der Waals surface area contributed by atoms with Gasteiger partial charge in [-0.25, -0.2) is 4.39 Å². The van der Waals surface area contributed by atoms with Crippen LogP contribution in [0.15, 0.2) is 29.3 Å². The summed E-state index contributed by atoms with van der Waals surface area (Å²) in [7, 11) is 1.74. The van der Waals surface area contributed by atoms with Gasteiger partial charge in [0.1, 0.15) is 5.82 Å². The van der Waals surface area contributed by atoms with E-state index in [0.717, 1.165) is 44.1 Å². The topological polar surface area (TPSA) is 45.6 Å². The molecule has 0 amide bonds. The van der Waals surface area contributed by atoms with Gasteiger partial charge in [0.25, 0.3) is 0 Å². The number of benzene rings is 1. The number of nitrogens with zero attached hydrogens (tertiary/aromatic N) is 1. The van der Waals surface area contributed by atoms with Crippen molar-refractivity contribution in [3.63, 3.8) is 0 Å². The molecule has 0 bridgehead atoms. The smallest absolute Gasteiger partial charge is 0.191 e. The van der Waals surface area contributed by atoms with Crippen molar-refractivity contribution in [3.8, 4) is 0 Å². The molecule has 0 spiro atoms. The standard InChI is InChI=1S/C15H24FN3O/c1-3-20-11-5-4-10-18-15(17-2)19-12-13-6-8-14(16)9-7-13/h6-9H,3-5,10-12H2,1-2H3,(H2,17,18,19). The molecule has 0 radical (unpaired) electrons. The van der Waals surface area contributed by atoms with Crippen molar-refractivity contribution in [3.05, 3.63) is 35.6 Å². The second-order valence-electron chi connectivity index (χ2n) is 4.38. The number of ether oxygens (including phenoxy) is 1. The van der Waals surface area contributed by atoms with Crippen LogP contribution in [0.25, 0.3) is 0 Å². The van der Waals surface area contributed by atoms with E-state index in [2.05, 4.69) is 15.6 Å². The number of aliphatic imine (C=N–C) groups is 1. The molecule has 0 heterocycles. The van der Waals surface area contributed by atoms with Gasteiger partial charge in [-0.2, -0.15) is 0 Å². The van der Waals surface area contributed by atoms with Gasteiger partial charge in [0.15, 0.2) is 5.96 Å². The van der Waals surface area contributed by atoms with Crippen molar-refractivity contribution < 1.29 is 9.13 Å². The van der Waals surface area contributed by atoms with Crippen LogP contribution in [0.5, 0.6) is 0 Å². The highest BCUT2D eigenvalue weighted by Crippen LogP contribution is 2.01. The Bertz CT molecular complexity index is 393. The highest BCUT2D eigenvalue weighted by molar-refractivity contribution is 5.79. The van der Waals surface area contributed by atoms with Crippen molar-refractivity contribution >= 4 is 5.96 Å². The van der Waals surface area contributed by atoms with Crippen molar-refractivity contribution in [1.29, 1.82) is 0 Å². The molecule has 0 unspecified atom stereocenters. The van der Waals surface area contributed by atoms with Crippen LogP contribution in [0.2, 0.25) is 0 Å². The Kier molecular flexibility index (Phi) is 8.38. The Labute approximate surface area is 120 Å². The van der Waals surface area contributed by atoms with Gasteiger partial charge in [0.05, 0.1) is 0 Å². The normalized spacial score (nSPS) is 11.4. The Balaban J connectivity index is 2.18. The maximum atomic E-state index is 12.8. The Morgan fingerprint density at radius 1 is 1.20 bits per heavy atom. The first kappa shape index (κ1) is 16.4. The minimum atomic E-state index is -0.217. The molecular formula is C15H24FN3O. The summed E-state index contributed by atoms with van der Waals surface area (Å²) >= 11 is 0. The predicted molar refractivity (Wildman–Crippen MR) is 80.3 cm³/mol. The van der Waals surface area contributed by atoms with Gasteiger partial charge in [-0.05, 0) is 37.5 Å². The molecule has 1 aromatic rings. The Hall–Kier alpha value is -1.62. The summed E-state index contributed by atoms with van der Waals surface area (Å²) in [5, 5.41) is 6.43. The highest BCUT2D eigenvalue weighted by atomic mass is 19.1. The van der Waals surface area contributed by atoms with E-state index in [1.807, 2.05) is 6.92 Å². The summed E-state index contributed by atoms with van der Waals surface area (Å²) in [5.74, 6) is 0.538. The van der Waals surface area contributed by atoms with Crippen LogP contribution in [0.3, 0.4) is 0 Å². The van der Waals surface area contributed by atoms with Crippen LogP contribution in [-0.2, 0) is 11.3 Å². The number of nitrogens with one attached hydrogen (secondary N) is 2. The van der Waals surface area contributed by atoms with Crippen LogP contribution in [0, 0.1) is 5.82 Å². The van der Waals surface area contributed by atoms with Gasteiger partial charge in [-0.15, -0.1) is 0 Å². The van der Waals surface area contributed by atoms with Gasteiger partial charge in [0, 0.05) is 33.4 Å².